The Balaban J connectivity index is 1.68. The van der Waals surface area contributed by atoms with E-state index in [0.717, 1.165) is 11.1 Å². The molecular formula is C22H16ClN3O2. The minimum Gasteiger partial charge on any atom is -0.418 e. The minimum atomic E-state index is -0.602. The molecule has 0 bridgehead atoms. The second kappa shape index (κ2) is 8.06. The lowest BCUT2D eigenvalue weighted by Gasteiger charge is -2.16. The molecule has 1 amide bonds. The number of carbonyl (C=O) groups excluding carboxylic acids is 1. The van der Waals surface area contributed by atoms with Crippen molar-refractivity contribution in [3.63, 3.8) is 0 Å². The largest absolute Gasteiger partial charge is 0.418 e. The summed E-state index contributed by atoms with van der Waals surface area (Å²) in [5.74, 6) is 0.453. The number of nitrogens with zero attached hydrogens (tertiary/aromatic N) is 2. The molecule has 0 saturated heterocycles. The Bertz CT molecular complexity index is 1060. The number of amides is 1. The highest BCUT2D eigenvalue weighted by molar-refractivity contribution is 6.30. The van der Waals surface area contributed by atoms with Crippen molar-refractivity contribution < 1.29 is 9.21 Å². The van der Waals surface area contributed by atoms with Gasteiger partial charge in [0.25, 0.3) is 5.91 Å². The third-order valence-electron chi connectivity index (χ3n) is 4.22. The van der Waals surface area contributed by atoms with Crippen LogP contribution in [0, 0.1) is 0 Å². The highest BCUT2D eigenvalue weighted by Gasteiger charge is 2.24. The van der Waals surface area contributed by atoms with Crippen LogP contribution in [0.5, 0.6) is 0 Å². The third-order valence-corrected chi connectivity index (χ3v) is 4.48. The van der Waals surface area contributed by atoms with Gasteiger partial charge in [-0.1, -0.05) is 60.1 Å². The van der Waals surface area contributed by atoms with Crippen LogP contribution < -0.4 is 5.32 Å². The van der Waals surface area contributed by atoms with E-state index in [0.29, 0.717) is 22.4 Å². The highest BCUT2D eigenvalue weighted by atomic mass is 35.5. The van der Waals surface area contributed by atoms with Crippen LogP contribution in [0.2, 0.25) is 5.02 Å². The zero-order valence-electron chi connectivity index (χ0n) is 14.7. The zero-order chi connectivity index (χ0) is 19.3. The van der Waals surface area contributed by atoms with E-state index in [1.165, 1.54) is 0 Å². The van der Waals surface area contributed by atoms with Gasteiger partial charge < -0.3 is 9.73 Å². The second-order valence-electron chi connectivity index (χ2n) is 6.14. The second-order valence-corrected chi connectivity index (χ2v) is 6.57. The van der Waals surface area contributed by atoms with Gasteiger partial charge in [0.2, 0.25) is 11.8 Å². The number of rotatable bonds is 5. The van der Waals surface area contributed by atoms with Crippen LogP contribution in [0.3, 0.4) is 0 Å². The maximum Gasteiger partial charge on any atom is 0.252 e. The molecule has 0 aliphatic rings. The lowest BCUT2D eigenvalue weighted by atomic mass is 10.1. The number of hydrogen-bond donors (Lipinski definition) is 1. The molecule has 6 heteroatoms. The topological polar surface area (TPSA) is 68.0 Å². The van der Waals surface area contributed by atoms with E-state index in [2.05, 4.69) is 15.5 Å². The van der Waals surface area contributed by atoms with Gasteiger partial charge in [-0.25, -0.2) is 0 Å². The van der Waals surface area contributed by atoms with Gasteiger partial charge in [-0.15, -0.1) is 10.2 Å². The maximum atomic E-state index is 12.7. The van der Waals surface area contributed by atoms with Gasteiger partial charge in [0, 0.05) is 16.1 Å². The molecule has 0 fully saturated rings. The fourth-order valence-corrected chi connectivity index (χ4v) is 2.92. The van der Waals surface area contributed by atoms with Crippen LogP contribution in [-0.4, -0.2) is 16.1 Å². The Morgan fingerprint density at radius 3 is 2.18 bits per heavy atom. The van der Waals surface area contributed by atoms with E-state index in [-0.39, 0.29) is 5.91 Å². The Labute approximate surface area is 167 Å². The zero-order valence-corrected chi connectivity index (χ0v) is 15.5. The van der Waals surface area contributed by atoms with E-state index in [1.54, 1.807) is 24.3 Å². The van der Waals surface area contributed by atoms with Crippen LogP contribution in [0.4, 0.5) is 0 Å². The molecule has 4 aromatic rings. The number of carbonyl (C=O) groups is 1. The van der Waals surface area contributed by atoms with Gasteiger partial charge in [0.15, 0.2) is 0 Å². The lowest BCUT2D eigenvalue weighted by Crippen LogP contribution is -2.29. The van der Waals surface area contributed by atoms with Gasteiger partial charge in [0.05, 0.1) is 0 Å². The third kappa shape index (κ3) is 3.94. The van der Waals surface area contributed by atoms with Crippen molar-refractivity contribution in [3.8, 4) is 11.5 Å². The molecular weight excluding hydrogens is 374 g/mol. The molecule has 0 aliphatic heterocycles. The quantitative estimate of drug-likeness (QED) is 0.526. The number of halogens is 1. The number of benzene rings is 3. The average molecular weight is 390 g/mol. The van der Waals surface area contributed by atoms with E-state index < -0.39 is 6.04 Å². The predicted octanol–water partition coefficient (Wildman–Crippen LogP) is 4.91. The average Bonchev–Trinajstić information content (AvgIpc) is 3.24. The van der Waals surface area contributed by atoms with E-state index >= 15 is 0 Å². The molecule has 1 aromatic heterocycles. The first-order valence-electron chi connectivity index (χ1n) is 8.71. The molecule has 0 radical (unpaired) electrons. The van der Waals surface area contributed by atoms with E-state index in [9.17, 15) is 4.79 Å². The first-order valence-corrected chi connectivity index (χ1v) is 9.09. The van der Waals surface area contributed by atoms with Crippen molar-refractivity contribution in [2.45, 2.75) is 6.04 Å². The Kier molecular flexibility index (Phi) is 5.17. The fraction of sp³-hybridized carbons (Fsp3) is 0.0455. The molecule has 1 atom stereocenters. The van der Waals surface area contributed by atoms with Crippen molar-refractivity contribution in [1.29, 1.82) is 0 Å². The van der Waals surface area contributed by atoms with Crippen LogP contribution in [0.15, 0.2) is 89.3 Å². The Morgan fingerprint density at radius 1 is 0.857 bits per heavy atom. The summed E-state index contributed by atoms with van der Waals surface area (Å²) >= 11 is 6.01. The summed E-state index contributed by atoms with van der Waals surface area (Å²) in [6, 6.07) is 25.0. The summed E-state index contributed by atoms with van der Waals surface area (Å²) in [5, 5.41) is 11.9. The molecule has 1 unspecified atom stereocenters. The first kappa shape index (κ1) is 17.9. The lowest BCUT2D eigenvalue weighted by molar-refractivity contribution is 0.0938. The van der Waals surface area contributed by atoms with Gasteiger partial charge >= 0.3 is 0 Å². The maximum absolute atomic E-state index is 12.7. The summed E-state index contributed by atoms with van der Waals surface area (Å²) in [7, 11) is 0. The first-order chi connectivity index (χ1) is 13.7. The van der Waals surface area contributed by atoms with Crippen LogP contribution in [-0.2, 0) is 0 Å². The molecule has 1 heterocycles. The summed E-state index contributed by atoms with van der Waals surface area (Å²) in [6.45, 7) is 0. The van der Waals surface area contributed by atoms with E-state index in [4.69, 9.17) is 16.0 Å². The summed E-state index contributed by atoms with van der Waals surface area (Å²) in [4.78, 5) is 12.7. The standard InChI is InChI=1S/C22H16ClN3O2/c23-18-13-11-15(12-14-18)19(24-20(27)16-7-3-1-4-8-16)22-26-25-21(28-22)17-9-5-2-6-10-17/h1-14,19H,(H,24,27). The number of nitrogens with one attached hydrogen (secondary N) is 1. The van der Waals surface area contributed by atoms with Gasteiger partial charge in [-0.2, -0.15) is 0 Å². The van der Waals surface area contributed by atoms with Crippen molar-refractivity contribution in [2.24, 2.45) is 0 Å². The van der Waals surface area contributed by atoms with Crippen LogP contribution in [0.25, 0.3) is 11.5 Å². The molecule has 138 valence electrons. The number of hydrogen-bond acceptors (Lipinski definition) is 4. The molecule has 28 heavy (non-hydrogen) atoms. The fourth-order valence-electron chi connectivity index (χ4n) is 2.80. The summed E-state index contributed by atoms with van der Waals surface area (Å²) in [6.07, 6.45) is 0. The van der Waals surface area contributed by atoms with Crippen molar-refractivity contribution in [2.75, 3.05) is 0 Å². The van der Waals surface area contributed by atoms with Crippen molar-refractivity contribution in [3.05, 3.63) is 107 Å². The molecule has 5 nitrogen and oxygen atoms in total. The summed E-state index contributed by atoms with van der Waals surface area (Å²) < 4.78 is 5.88. The highest BCUT2D eigenvalue weighted by Crippen LogP contribution is 2.26. The van der Waals surface area contributed by atoms with Crippen molar-refractivity contribution in [1.82, 2.24) is 15.5 Å². The van der Waals surface area contributed by atoms with Crippen LogP contribution in [0.1, 0.15) is 27.9 Å². The van der Waals surface area contributed by atoms with Crippen molar-refractivity contribution >= 4 is 17.5 Å². The van der Waals surface area contributed by atoms with Gasteiger partial charge in [-0.05, 0) is 42.0 Å². The molecule has 0 saturated carbocycles. The normalized spacial score (nSPS) is 11.8. The smallest absolute Gasteiger partial charge is 0.252 e. The molecule has 1 N–H and O–H groups in total. The molecule has 0 aliphatic carbocycles. The Morgan fingerprint density at radius 2 is 1.50 bits per heavy atom. The molecule has 3 aromatic carbocycles. The summed E-state index contributed by atoms with van der Waals surface area (Å²) in [5.41, 5.74) is 2.15. The van der Waals surface area contributed by atoms with Gasteiger partial charge in [0.1, 0.15) is 6.04 Å². The molecule has 4 rings (SSSR count). The van der Waals surface area contributed by atoms with Crippen LogP contribution >= 0.6 is 11.6 Å². The Hall–Kier alpha value is -3.44. The predicted molar refractivity (Wildman–Crippen MR) is 107 cm³/mol. The monoisotopic (exact) mass is 389 g/mol. The minimum absolute atomic E-state index is 0.236. The molecule has 0 spiro atoms. The SMILES string of the molecule is O=C(NC(c1ccc(Cl)cc1)c1nnc(-c2ccccc2)o1)c1ccccc1. The van der Waals surface area contributed by atoms with Gasteiger partial charge in [-0.3, -0.25) is 4.79 Å². The number of aromatic nitrogens is 2. The van der Waals surface area contributed by atoms with E-state index in [1.807, 2.05) is 60.7 Å².